The van der Waals surface area contributed by atoms with E-state index in [0.29, 0.717) is 11.3 Å². The van der Waals surface area contributed by atoms with Crippen LogP contribution in [0.5, 0.6) is 0 Å². The van der Waals surface area contributed by atoms with Crippen molar-refractivity contribution < 1.29 is 18.3 Å². The van der Waals surface area contributed by atoms with Crippen LogP contribution in [0, 0.1) is 6.92 Å². The third kappa shape index (κ3) is 3.60. The number of rotatable bonds is 5. The van der Waals surface area contributed by atoms with Crippen LogP contribution in [0.1, 0.15) is 15.9 Å². The average Bonchev–Trinajstić information content (AvgIpc) is 2.20. The summed E-state index contributed by atoms with van der Waals surface area (Å²) in [5.41, 5.74) is 1.04. The van der Waals surface area contributed by atoms with Gasteiger partial charge in [-0.25, -0.2) is 13.2 Å². The summed E-state index contributed by atoms with van der Waals surface area (Å²) in [5.74, 6) is -1.23. The topological polar surface area (TPSA) is 83.5 Å². The minimum atomic E-state index is -3.46. The highest BCUT2D eigenvalue weighted by Gasteiger charge is 2.11. The standard InChI is InChI=1S/C11H13NO4S/c1-3-6-17(15,16)12-10-5-4-9(11(13)14)7-8(10)2/h3-5,7,12H,1,6H2,2H3,(H,13,14). The average molecular weight is 255 g/mol. The molecule has 0 amide bonds. The number of carbonyl (C=O) groups is 1. The molecule has 0 heterocycles. The number of hydrogen-bond donors (Lipinski definition) is 2. The van der Waals surface area contributed by atoms with Gasteiger partial charge >= 0.3 is 5.97 Å². The molecular weight excluding hydrogens is 242 g/mol. The third-order valence-corrected chi connectivity index (χ3v) is 3.28. The molecule has 6 heteroatoms. The Morgan fingerprint density at radius 2 is 2.18 bits per heavy atom. The SMILES string of the molecule is C=CCS(=O)(=O)Nc1ccc(C(=O)O)cc1C. The molecule has 0 saturated carbocycles. The van der Waals surface area contributed by atoms with Gasteiger partial charge in [0.1, 0.15) is 0 Å². The molecule has 0 spiro atoms. The third-order valence-electron chi connectivity index (χ3n) is 2.08. The van der Waals surface area contributed by atoms with E-state index < -0.39 is 16.0 Å². The van der Waals surface area contributed by atoms with Gasteiger partial charge in [0, 0.05) is 0 Å². The lowest BCUT2D eigenvalue weighted by atomic mass is 10.1. The van der Waals surface area contributed by atoms with Crippen LogP contribution in [0.2, 0.25) is 0 Å². The van der Waals surface area contributed by atoms with Crippen molar-refractivity contribution in [1.82, 2.24) is 0 Å². The lowest BCUT2D eigenvalue weighted by Crippen LogP contribution is -2.16. The molecule has 0 aliphatic heterocycles. The van der Waals surface area contributed by atoms with Gasteiger partial charge in [0.25, 0.3) is 0 Å². The Bertz CT molecular complexity index is 549. The molecule has 1 aromatic rings. The van der Waals surface area contributed by atoms with Crippen molar-refractivity contribution in [2.45, 2.75) is 6.92 Å². The maximum atomic E-state index is 11.5. The zero-order valence-electron chi connectivity index (χ0n) is 9.30. The van der Waals surface area contributed by atoms with Gasteiger partial charge in [0.05, 0.1) is 17.0 Å². The summed E-state index contributed by atoms with van der Waals surface area (Å²) in [6, 6.07) is 4.19. The lowest BCUT2D eigenvalue weighted by molar-refractivity contribution is 0.0697. The fraction of sp³-hybridized carbons (Fsp3) is 0.182. The van der Waals surface area contributed by atoms with Crippen LogP contribution in [0.4, 0.5) is 5.69 Å². The maximum absolute atomic E-state index is 11.5. The fourth-order valence-corrected chi connectivity index (χ4v) is 2.23. The van der Waals surface area contributed by atoms with Gasteiger partial charge in [-0.15, -0.1) is 6.58 Å². The summed E-state index contributed by atoms with van der Waals surface area (Å²) in [6.45, 7) is 4.99. The first-order chi connectivity index (χ1) is 7.85. The zero-order valence-corrected chi connectivity index (χ0v) is 10.1. The highest BCUT2D eigenvalue weighted by Crippen LogP contribution is 2.18. The second-order valence-corrected chi connectivity index (χ2v) is 5.27. The Balaban J connectivity index is 3.02. The van der Waals surface area contributed by atoms with E-state index in [0.717, 1.165) is 0 Å². The van der Waals surface area contributed by atoms with Gasteiger partial charge in [0.15, 0.2) is 0 Å². The molecular formula is C11H13NO4S. The molecule has 17 heavy (non-hydrogen) atoms. The fourth-order valence-electron chi connectivity index (χ4n) is 1.28. The molecule has 2 N–H and O–H groups in total. The van der Waals surface area contributed by atoms with Crippen molar-refractivity contribution in [2.24, 2.45) is 0 Å². The number of benzene rings is 1. The van der Waals surface area contributed by atoms with Crippen molar-refractivity contribution in [3.05, 3.63) is 42.0 Å². The Kier molecular flexibility index (Phi) is 3.90. The van der Waals surface area contributed by atoms with E-state index in [1.807, 2.05) is 0 Å². The minimum Gasteiger partial charge on any atom is -0.478 e. The summed E-state index contributed by atoms with van der Waals surface area (Å²) >= 11 is 0. The molecule has 0 atom stereocenters. The molecule has 0 bridgehead atoms. The number of hydrogen-bond acceptors (Lipinski definition) is 3. The van der Waals surface area contributed by atoms with Crippen LogP contribution >= 0.6 is 0 Å². The predicted octanol–water partition coefficient (Wildman–Crippen LogP) is 1.62. The van der Waals surface area contributed by atoms with Crippen LogP contribution < -0.4 is 4.72 Å². The van der Waals surface area contributed by atoms with E-state index in [1.54, 1.807) is 6.92 Å². The van der Waals surface area contributed by atoms with Gasteiger partial charge in [0.2, 0.25) is 10.0 Å². The number of nitrogens with one attached hydrogen (secondary N) is 1. The molecule has 0 fully saturated rings. The molecule has 1 aromatic carbocycles. The van der Waals surface area contributed by atoms with Crippen molar-refractivity contribution >= 4 is 21.7 Å². The Labute approximate surface area is 99.8 Å². The van der Waals surface area contributed by atoms with Gasteiger partial charge in [-0.2, -0.15) is 0 Å². The second-order valence-electron chi connectivity index (χ2n) is 3.51. The van der Waals surface area contributed by atoms with Crippen molar-refractivity contribution in [1.29, 1.82) is 0 Å². The quantitative estimate of drug-likeness (QED) is 0.783. The van der Waals surface area contributed by atoms with Crippen LogP contribution in [-0.2, 0) is 10.0 Å². The van der Waals surface area contributed by atoms with Crippen molar-refractivity contribution in [2.75, 3.05) is 10.5 Å². The highest BCUT2D eigenvalue weighted by molar-refractivity contribution is 7.92. The number of anilines is 1. The van der Waals surface area contributed by atoms with Crippen LogP contribution in [0.25, 0.3) is 0 Å². The first-order valence-corrected chi connectivity index (χ1v) is 6.46. The number of sulfonamides is 1. The van der Waals surface area contributed by atoms with Crippen molar-refractivity contribution in [3.63, 3.8) is 0 Å². The highest BCUT2D eigenvalue weighted by atomic mass is 32.2. The normalized spacial score (nSPS) is 10.9. The number of carboxylic acids is 1. The van der Waals surface area contributed by atoms with E-state index in [1.165, 1.54) is 24.3 Å². The van der Waals surface area contributed by atoms with Crippen LogP contribution in [-0.4, -0.2) is 25.2 Å². The van der Waals surface area contributed by atoms with Crippen molar-refractivity contribution in [3.8, 4) is 0 Å². The minimum absolute atomic E-state index is 0.120. The van der Waals surface area contributed by atoms with E-state index in [4.69, 9.17) is 5.11 Å². The Hall–Kier alpha value is -1.82. The van der Waals surface area contributed by atoms with E-state index >= 15 is 0 Å². The smallest absolute Gasteiger partial charge is 0.335 e. The first kappa shape index (κ1) is 13.2. The molecule has 5 nitrogen and oxygen atoms in total. The number of aryl methyl sites for hydroxylation is 1. The van der Waals surface area contributed by atoms with E-state index in [2.05, 4.69) is 11.3 Å². The molecule has 0 unspecified atom stereocenters. The molecule has 0 saturated heterocycles. The predicted molar refractivity (Wildman–Crippen MR) is 65.7 cm³/mol. The van der Waals surface area contributed by atoms with Crippen LogP contribution in [0.15, 0.2) is 30.9 Å². The van der Waals surface area contributed by atoms with Gasteiger partial charge in [-0.05, 0) is 30.7 Å². The summed E-state index contributed by atoms with van der Waals surface area (Å²) in [7, 11) is -3.46. The lowest BCUT2D eigenvalue weighted by Gasteiger charge is -2.09. The molecule has 0 radical (unpaired) electrons. The Morgan fingerprint density at radius 3 is 2.65 bits per heavy atom. The number of carboxylic acid groups (broad SMARTS) is 1. The van der Waals surface area contributed by atoms with Gasteiger partial charge in [-0.1, -0.05) is 6.08 Å². The van der Waals surface area contributed by atoms with E-state index in [9.17, 15) is 13.2 Å². The monoisotopic (exact) mass is 255 g/mol. The largest absolute Gasteiger partial charge is 0.478 e. The van der Waals surface area contributed by atoms with E-state index in [-0.39, 0.29) is 11.3 Å². The molecule has 1 rings (SSSR count). The van der Waals surface area contributed by atoms with Gasteiger partial charge in [-0.3, -0.25) is 4.72 Å². The van der Waals surface area contributed by atoms with Gasteiger partial charge < -0.3 is 5.11 Å². The summed E-state index contributed by atoms with van der Waals surface area (Å²) in [4.78, 5) is 10.7. The molecule has 0 aromatic heterocycles. The zero-order chi connectivity index (χ0) is 13.1. The summed E-state index contributed by atoms with van der Waals surface area (Å²) in [5, 5.41) is 8.77. The number of aromatic carboxylic acids is 1. The Morgan fingerprint density at radius 1 is 1.53 bits per heavy atom. The molecule has 0 aliphatic rings. The summed E-state index contributed by atoms with van der Waals surface area (Å²) < 4.78 is 25.3. The summed E-state index contributed by atoms with van der Waals surface area (Å²) in [6.07, 6.45) is 1.28. The molecule has 92 valence electrons. The molecule has 0 aliphatic carbocycles. The van der Waals surface area contributed by atoms with Crippen LogP contribution in [0.3, 0.4) is 0 Å². The second kappa shape index (κ2) is 5.01. The maximum Gasteiger partial charge on any atom is 0.335 e. The first-order valence-electron chi connectivity index (χ1n) is 4.81.